The van der Waals surface area contributed by atoms with E-state index in [2.05, 4.69) is 18.7 Å². The molecule has 5 atom stereocenters. The van der Waals surface area contributed by atoms with Crippen LogP contribution in [0.15, 0.2) is 0 Å². The molecule has 0 bridgehead atoms. The van der Waals surface area contributed by atoms with E-state index in [1.54, 1.807) is 0 Å². The van der Waals surface area contributed by atoms with Gasteiger partial charge in [-0.25, -0.2) is 6.57 Å². The lowest BCUT2D eigenvalue weighted by Gasteiger charge is -2.25. The van der Waals surface area contributed by atoms with E-state index in [4.69, 9.17) is 6.57 Å². The monoisotopic (exact) mass is 220 g/mol. The zero-order chi connectivity index (χ0) is 11.9. The maximum atomic E-state index is 12.3. The number of piperidine rings is 1. The number of amides is 1. The Balaban J connectivity index is 2.03. The summed E-state index contributed by atoms with van der Waals surface area (Å²) >= 11 is 0. The van der Waals surface area contributed by atoms with Crippen molar-refractivity contribution in [3.05, 3.63) is 11.4 Å². The number of hydrogen-bond donors (Lipinski definition) is 0. The molecule has 2 rings (SSSR count). The first-order chi connectivity index (χ1) is 7.60. The average molecular weight is 220 g/mol. The van der Waals surface area contributed by atoms with E-state index in [1.807, 2.05) is 11.8 Å². The molecule has 2 fully saturated rings. The third-order valence-corrected chi connectivity index (χ3v) is 4.41. The molecule has 0 aromatic heterocycles. The van der Waals surface area contributed by atoms with Gasteiger partial charge in [-0.15, -0.1) is 0 Å². The summed E-state index contributed by atoms with van der Waals surface area (Å²) in [5.74, 6) is 1.79. The Morgan fingerprint density at radius 3 is 2.81 bits per heavy atom. The molecular formula is C13H20N2O. The second-order valence-corrected chi connectivity index (χ2v) is 5.37. The van der Waals surface area contributed by atoms with Gasteiger partial charge in [-0.05, 0) is 18.3 Å². The highest BCUT2D eigenvalue weighted by Gasteiger charge is 2.59. The van der Waals surface area contributed by atoms with Gasteiger partial charge in [-0.2, -0.15) is 0 Å². The fourth-order valence-corrected chi connectivity index (χ4v) is 2.68. The largest absolute Gasteiger partial charge is 0.303 e. The maximum absolute atomic E-state index is 12.3. The molecule has 1 heterocycles. The van der Waals surface area contributed by atoms with Gasteiger partial charge in [0.1, 0.15) is 0 Å². The van der Waals surface area contributed by atoms with E-state index in [0.717, 1.165) is 19.4 Å². The summed E-state index contributed by atoms with van der Waals surface area (Å²) in [5.41, 5.74) is 0. The van der Waals surface area contributed by atoms with Crippen LogP contribution in [0.3, 0.4) is 0 Å². The van der Waals surface area contributed by atoms with Gasteiger partial charge in [0, 0.05) is 12.5 Å². The lowest BCUT2D eigenvalue weighted by atomic mass is 9.92. The first kappa shape index (κ1) is 11.4. The fourth-order valence-electron chi connectivity index (χ4n) is 2.68. The van der Waals surface area contributed by atoms with E-state index in [0.29, 0.717) is 17.8 Å². The van der Waals surface area contributed by atoms with Crippen molar-refractivity contribution < 1.29 is 4.79 Å². The molecular weight excluding hydrogens is 200 g/mol. The summed E-state index contributed by atoms with van der Waals surface area (Å²) in [7, 11) is 0. The van der Waals surface area contributed by atoms with Crippen LogP contribution in [0.1, 0.15) is 33.6 Å². The molecule has 0 aromatic carbocycles. The van der Waals surface area contributed by atoms with Gasteiger partial charge in [-0.1, -0.05) is 27.2 Å². The minimum atomic E-state index is -0.149. The molecule has 16 heavy (non-hydrogen) atoms. The third kappa shape index (κ3) is 1.71. The van der Waals surface area contributed by atoms with Crippen molar-refractivity contribution in [3.63, 3.8) is 0 Å². The van der Waals surface area contributed by atoms with Gasteiger partial charge in [-0.3, -0.25) is 14.5 Å². The van der Waals surface area contributed by atoms with E-state index in [1.165, 1.54) is 0 Å². The number of rotatable bonds is 3. The molecule has 1 saturated carbocycles. The number of nitrogens with zero attached hydrogens (tertiary/aromatic N) is 2. The predicted octanol–water partition coefficient (Wildman–Crippen LogP) is 2.39. The van der Waals surface area contributed by atoms with Crippen LogP contribution >= 0.6 is 0 Å². The topological polar surface area (TPSA) is 24.7 Å². The zero-order valence-electron chi connectivity index (χ0n) is 10.3. The lowest BCUT2D eigenvalue weighted by Crippen LogP contribution is -2.41. The Kier molecular flexibility index (Phi) is 2.92. The molecule has 1 saturated heterocycles. The van der Waals surface area contributed by atoms with Crippen LogP contribution in [-0.2, 0) is 4.79 Å². The summed E-state index contributed by atoms with van der Waals surface area (Å²) in [4.78, 5) is 17.7. The van der Waals surface area contributed by atoms with Crippen LogP contribution in [0.2, 0.25) is 0 Å². The predicted molar refractivity (Wildman–Crippen MR) is 62.3 cm³/mol. The van der Waals surface area contributed by atoms with Crippen LogP contribution in [0.25, 0.3) is 4.85 Å². The smallest absolute Gasteiger partial charge is 0.289 e. The Morgan fingerprint density at radius 1 is 1.56 bits per heavy atom. The van der Waals surface area contributed by atoms with Gasteiger partial charge < -0.3 is 0 Å². The maximum Gasteiger partial charge on any atom is 0.303 e. The molecule has 88 valence electrons. The Hall–Kier alpha value is -1.04. The summed E-state index contributed by atoms with van der Waals surface area (Å²) in [6.45, 7) is 14.3. The molecule has 2 aliphatic rings. The van der Waals surface area contributed by atoms with E-state index < -0.39 is 0 Å². The summed E-state index contributed by atoms with van der Waals surface area (Å²) in [5, 5.41) is 0. The van der Waals surface area contributed by atoms with Gasteiger partial charge in [0.05, 0.1) is 5.92 Å². The van der Waals surface area contributed by atoms with Crippen LogP contribution in [0.5, 0.6) is 0 Å². The molecule has 0 radical (unpaired) electrons. The normalized spacial score (nSPS) is 35.1. The van der Waals surface area contributed by atoms with Crippen LogP contribution in [-0.4, -0.2) is 23.5 Å². The van der Waals surface area contributed by atoms with Crippen molar-refractivity contribution >= 4 is 5.91 Å². The van der Waals surface area contributed by atoms with Crippen molar-refractivity contribution in [1.29, 1.82) is 0 Å². The Labute approximate surface area is 97.6 Å². The first-order valence-electron chi connectivity index (χ1n) is 6.27. The highest BCUT2D eigenvalue weighted by Crippen LogP contribution is 2.50. The van der Waals surface area contributed by atoms with Crippen molar-refractivity contribution in [2.45, 2.75) is 39.8 Å². The van der Waals surface area contributed by atoms with Gasteiger partial charge in [0.2, 0.25) is 5.91 Å². The second kappa shape index (κ2) is 4.08. The fraction of sp³-hybridized carbons (Fsp3) is 0.846. The van der Waals surface area contributed by atoms with Crippen molar-refractivity contribution in [2.75, 3.05) is 6.54 Å². The van der Waals surface area contributed by atoms with Gasteiger partial charge >= 0.3 is 6.17 Å². The molecule has 1 amide bonds. The quantitative estimate of drug-likeness (QED) is 0.670. The molecule has 1 unspecified atom stereocenters. The van der Waals surface area contributed by atoms with Gasteiger partial charge in [0.15, 0.2) is 0 Å². The zero-order valence-corrected chi connectivity index (χ0v) is 10.3. The summed E-state index contributed by atoms with van der Waals surface area (Å²) < 4.78 is 0. The number of fused-ring (bicyclic) bond motifs is 1. The Bertz CT molecular complexity index is 333. The first-order valence-corrected chi connectivity index (χ1v) is 6.27. The third-order valence-electron chi connectivity index (χ3n) is 4.41. The van der Waals surface area contributed by atoms with Crippen LogP contribution in [0.4, 0.5) is 0 Å². The van der Waals surface area contributed by atoms with E-state index >= 15 is 0 Å². The molecule has 3 heteroatoms. The Morgan fingerprint density at radius 2 is 2.25 bits per heavy atom. The molecule has 1 aliphatic carbocycles. The second-order valence-electron chi connectivity index (χ2n) is 5.37. The van der Waals surface area contributed by atoms with Crippen molar-refractivity contribution in [3.8, 4) is 0 Å². The number of hydrogen-bond acceptors (Lipinski definition) is 1. The highest BCUT2D eigenvalue weighted by atomic mass is 16.2. The van der Waals surface area contributed by atoms with E-state index in [9.17, 15) is 4.79 Å². The summed E-state index contributed by atoms with van der Waals surface area (Å²) in [6.07, 6.45) is 2.04. The minimum absolute atomic E-state index is 0.0618. The number of carbonyl (C=O) groups excluding carboxylic acids is 1. The molecule has 3 nitrogen and oxygen atoms in total. The summed E-state index contributed by atoms with van der Waals surface area (Å²) in [6, 6.07) is 0. The van der Waals surface area contributed by atoms with Gasteiger partial charge in [0.25, 0.3) is 0 Å². The molecule has 0 spiro atoms. The average Bonchev–Trinajstić information content (AvgIpc) is 2.98. The highest BCUT2D eigenvalue weighted by molar-refractivity contribution is 5.80. The van der Waals surface area contributed by atoms with Crippen molar-refractivity contribution in [2.24, 2.45) is 23.7 Å². The number of likely N-dealkylation sites (tertiary alicyclic amines) is 1. The van der Waals surface area contributed by atoms with Crippen LogP contribution < -0.4 is 0 Å². The minimum Gasteiger partial charge on any atom is -0.289 e. The molecule has 1 aliphatic heterocycles. The van der Waals surface area contributed by atoms with Crippen molar-refractivity contribution in [1.82, 2.24) is 4.90 Å². The lowest BCUT2D eigenvalue weighted by molar-refractivity contribution is -0.137. The molecule has 0 aromatic rings. The standard InChI is InChI=1S/C13H20N2O/c1-5-8(2)9(3)13(16)15-7-10-6-11(10)12(15)14-4/h8-12H,5-7H2,1-3H3/t8?,9-,10-,11-,12-/m0/s1. The SMILES string of the molecule is [C-]#[N+][C@@H]1[C@H]2C[C@H]2CN1C(=O)[C@@H](C)C(C)CC. The molecule has 0 N–H and O–H groups in total. The van der Waals surface area contributed by atoms with E-state index in [-0.39, 0.29) is 18.0 Å². The van der Waals surface area contributed by atoms with Crippen LogP contribution in [0, 0.1) is 30.2 Å². The number of carbonyl (C=O) groups is 1.